The highest BCUT2D eigenvalue weighted by Gasteiger charge is 2.28. The van der Waals surface area contributed by atoms with Crippen molar-refractivity contribution in [1.82, 2.24) is 0 Å². The molecule has 1 aromatic carbocycles. The third kappa shape index (κ3) is 5.77. The van der Waals surface area contributed by atoms with Crippen LogP contribution in [0.4, 0.5) is 18.9 Å². The summed E-state index contributed by atoms with van der Waals surface area (Å²) in [5.74, 6) is 0.0372. The highest BCUT2D eigenvalue weighted by molar-refractivity contribution is 6.19. The zero-order valence-corrected chi connectivity index (χ0v) is 10.0. The van der Waals surface area contributed by atoms with Crippen molar-refractivity contribution in [3.05, 3.63) is 24.3 Å². The Labute approximate surface area is 107 Å². The molecular formula is C11H11ClF3NO2. The summed E-state index contributed by atoms with van der Waals surface area (Å²) in [5, 5.41) is 2.54. The van der Waals surface area contributed by atoms with Crippen molar-refractivity contribution in [2.45, 2.75) is 12.6 Å². The minimum Gasteiger partial charge on any atom is -0.484 e. The maximum absolute atomic E-state index is 11.9. The Bertz CT molecular complexity index is 392. The predicted octanol–water partition coefficient (Wildman–Crippen LogP) is 3.20. The van der Waals surface area contributed by atoms with Crippen LogP contribution in [0.3, 0.4) is 0 Å². The van der Waals surface area contributed by atoms with Gasteiger partial charge < -0.3 is 10.1 Å². The SMILES string of the molecule is O=C(CCCl)Nc1ccc(OCC(F)(F)F)cc1. The molecule has 1 aromatic rings. The lowest BCUT2D eigenvalue weighted by molar-refractivity contribution is -0.153. The molecule has 0 bridgehead atoms. The van der Waals surface area contributed by atoms with Gasteiger partial charge in [-0.1, -0.05) is 0 Å². The number of rotatable bonds is 5. The first-order valence-corrected chi connectivity index (χ1v) is 5.59. The highest BCUT2D eigenvalue weighted by Crippen LogP contribution is 2.20. The van der Waals surface area contributed by atoms with Crippen LogP contribution in [0.1, 0.15) is 6.42 Å². The fourth-order valence-corrected chi connectivity index (χ4v) is 1.28. The lowest BCUT2D eigenvalue weighted by Gasteiger charge is -2.09. The summed E-state index contributed by atoms with van der Waals surface area (Å²) in [6.45, 7) is -1.34. The zero-order chi connectivity index (χ0) is 13.6. The first-order valence-electron chi connectivity index (χ1n) is 5.06. The Kier molecular flexibility index (Phi) is 5.27. The van der Waals surface area contributed by atoms with Crippen molar-refractivity contribution in [2.24, 2.45) is 0 Å². The molecule has 0 aliphatic carbocycles. The summed E-state index contributed by atoms with van der Waals surface area (Å²) in [7, 11) is 0. The third-order valence-electron chi connectivity index (χ3n) is 1.86. The van der Waals surface area contributed by atoms with Gasteiger partial charge in [0.05, 0.1) is 0 Å². The Morgan fingerprint density at radius 2 is 1.89 bits per heavy atom. The number of carbonyl (C=O) groups is 1. The molecule has 1 amide bonds. The van der Waals surface area contributed by atoms with Crippen molar-refractivity contribution >= 4 is 23.2 Å². The predicted molar refractivity (Wildman–Crippen MR) is 62.0 cm³/mol. The van der Waals surface area contributed by atoms with E-state index in [0.717, 1.165) is 0 Å². The molecule has 0 atom stereocenters. The molecule has 3 nitrogen and oxygen atoms in total. The molecule has 0 saturated heterocycles. The van der Waals surface area contributed by atoms with Gasteiger partial charge in [-0.3, -0.25) is 4.79 Å². The van der Waals surface area contributed by atoms with Gasteiger partial charge in [0, 0.05) is 18.0 Å². The minimum atomic E-state index is -4.37. The van der Waals surface area contributed by atoms with E-state index in [9.17, 15) is 18.0 Å². The summed E-state index contributed by atoms with van der Waals surface area (Å²) < 4.78 is 40.2. The maximum Gasteiger partial charge on any atom is 0.422 e. The molecule has 7 heteroatoms. The number of benzene rings is 1. The van der Waals surface area contributed by atoms with Gasteiger partial charge in [-0.25, -0.2) is 0 Å². The number of hydrogen-bond donors (Lipinski definition) is 1. The molecule has 1 N–H and O–H groups in total. The Balaban J connectivity index is 2.50. The van der Waals surface area contributed by atoms with E-state index >= 15 is 0 Å². The molecule has 100 valence electrons. The molecule has 18 heavy (non-hydrogen) atoms. The average molecular weight is 282 g/mol. The third-order valence-corrected chi connectivity index (χ3v) is 2.05. The largest absolute Gasteiger partial charge is 0.484 e. The van der Waals surface area contributed by atoms with E-state index in [-0.39, 0.29) is 24.0 Å². The van der Waals surface area contributed by atoms with E-state index in [0.29, 0.717) is 5.69 Å². The molecule has 0 fully saturated rings. The summed E-state index contributed by atoms with van der Waals surface area (Å²) in [4.78, 5) is 11.2. The molecule has 0 saturated carbocycles. The molecule has 1 rings (SSSR count). The number of nitrogens with one attached hydrogen (secondary N) is 1. The normalized spacial score (nSPS) is 11.1. The number of amides is 1. The summed E-state index contributed by atoms with van der Waals surface area (Å²) in [6, 6.07) is 5.61. The van der Waals surface area contributed by atoms with Crippen molar-refractivity contribution in [1.29, 1.82) is 0 Å². The van der Waals surface area contributed by atoms with Crippen LogP contribution in [0.25, 0.3) is 0 Å². The Hall–Kier alpha value is -1.43. The van der Waals surface area contributed by atoms with Crippen LogP contribution < -0.4 is 10.1 Å². The molecular weight excluding hydrogens is 271 g/mol. The van der Waals surface area contributed by atoms with E-state index in [1.807, 2.05) is 0 Å². The van der Waals surface area contributed by atoms with Gasteiger partial charge in [-0.15, -0.1) is 11.6 Å². The van der Waals surface area contributed by atoms with Gasteiger partial charge in [-0.2, -0.15) is 13.2 Å². The van der Waals surface area contributed by atoms with Crippen molar-refractivity contribution in [3.63, 3.8) is 0 Å². The van der Waals surface area contributed by atoms with Gasteiger partial charge in [0.2, 0.25) is 5.91 Å². The lowest BCUT2D eigenvalue weighted by Crippen LogP contribution is -2.19. The van der Waals surface area contributed by atoms with Crippen molar-refractivity contribution < 1.29 is 22.7 Å². The number of ether oxygens (including phenoxy) is 1. The standard InChI is InChI=1S/C11H11ClF3NO2/c12-6-5-10(17)16-8-1-3-9(4-2-8)18-7-11(13,14)15/h1-4H,5-7H2,(H,16,17). The van der Waals surface area contributed by atoms with E-state index in [1.165, 1.54) is 24.3 Å². The monoisotopic (exact) mass is 281 g/mol. The number of alkyl halides is 4. The van der Waals surface area contributed by atoms with Gasteiger partial charge in [-0.05, 0) is 24.3 Å². The second kappa shape index (κ2) is 6.49. The smallest absolute Gasteiger partial charge is 0.422 e. The van der Waals surface area contributed by atoms with Gasteiger partial charge in [0.1, 0.15) is 5.75 Å². The van der Waals surface area contributed by atoms with Crippen LogP contribution in [0.2, 0.25) is 0 Å². The van der Waals surface area contributed by atoms with Crippen molar-refractivity contribution in [3.8, 4) is 5.75 Å². The highest BCUT2D eigenvalue weighted by atomic mass is 35.5. The van der Waals surface area contributed by atoms with Gasteiger partial charge in [0.25, 0.3) is 0 Å². The van der Waals surface area contributed by atoms with E-state index in [4.69, 9.17) is 11.6 Å². The maximum atomic E-state index is 11.9. The fraction of sp³-hybridized carbons (Fsp3) is 0.364. The van der Waals surface area contributed by atoms with Crippen LogP contribution in [-0.2, 0) is 4.79 Å². The Morgan fingerprint density at radius 3 is 2.39 bits per heavy atom. The van der Waals surface area contributed by atoms with Crippen LogP contribution in [0, 0.1) is 0 Å². The average Bonchev–Trinajstić information content (AvgIpc) is 2.27. The molecule has 0 heterocycles. The summed E-state index contributed by atoms with van der Waals surface area (Å²) in [6.07, 6.45) is -4.19. The number of hydrogen-bond acceptors (Lipinski definition) is 2. The first-order chi connectivity index (χ1) is 8.40. The molecule has 0 aliphatic heterocycles. The number of halogens is 4. The minimum absolute atomic E-state index is 0.0858. The molecule has 0 spiro atoms. The quantitative estimate of drug-likeness (QED) is 0.842. The van der Waals surface area contributed by atoms with Crippen LogP contribution in [-0.4, -0.2) is 24.6 Å². The number of carbonyl (C=O) groups excluding carboxylic acids is 1. The molecule has 0 aliphatic rings. The molecule has 0 unspecified atom stereocenters. The van der Waals surface area contributed by atoms with E-state index in [2.05, 4.69) is 10.1 Å². The number of anilines is 1. The molecule has 0 radical (unpaired) electrons. The van der Waals surface area contributed by atoms with E-state index in [1.54, 1.807) is 0 Å². The van der Waals surface area contributed by atoms with E-state index < -0.39 is 12.8 Å². The Morgan fingerprint density at radius 1 is 1.28 bits per heavy atom. The fourth-order valence-electron chi connectivity index (χ4n) is 1.11. The molecule has 0 aromatic heterocycles. The second-order valence-electron chi connectivity index (χ2n) is 3.42. The second-order valence-corrected chi connectivity index (χ2v) is 3.79. The van der Waals surface area contributed by atoms with Crippen LogP contribution in [0.5, 0.6) is 5.75 Å². The van der Waals surface area contributed by atoms with Crippen LogP contribution in [0.15, 0.2) is 24.3 Å². The van der Waals surface area contributed by atoms with Gasteiger partial charge >= 0.3 is 6.18 Å². The summed E-state index contributed by atoms with van der Waals surface area (Å²) >= 11 is 5.38. The first kappa shape index (κ1) is 14.6. The zero-order valence-electron chi connectivity index (χ0n) is 9.26. The topological polar surface area (TPSA) is 38.3 Å². The van der Waals surface area contributed by atoms with Crippen LogP contribution >= 0.6 is 11.6 Å². The summed E-state index contributed by atoms with van der Waals surface area (Å²) in [5.41, 5.74) is 0.476. The lowest BCUT2D eigenvalue weighted by atomic mass is 10.3. The van der Waals surface area contributed by atoms with Gasteiger partial charge in [0.15, 0.2) is 6.61 Å². The van der Waals surface area contributed by atoms with Crippen molar-refractivity contribution in [2.75, 3.05) is 17.8 Å².